The van der Waals surface area contributed by atoms with Crippen LogP contribution in [0.3, 0.4) is 0 Å². The Labute approximate surface area is 140 Å². The SMILES string of the molecule is CCOc1cccc(C(=O)Oc2c(C)cc(Br)cc2Br)c1. The van der Waals surface area contributed by atoms with Crippen LogP contribution in [-0.2, 0) is 0 Å². The Balaban J connectivity index is 2.24. The number of carbonyl (C=O) groups excluding carboxylic acids is 1. The molecule has 0 aromatic heterocycles. The molecule has 0 aliphatic rings. The number of hydrogen-bond donors (Lipinski definition) is 0. The number of hydrogen-bond acceptors (Lipinski definition) is 3. The molecule has 21 heavy (non-hydrogen) atoms. The van der Waals surface area contributed by atoms with Crippen molar-refractivity contribution >= 4 is 37.8 Å². The van der Waals surface area contributed by atoms with Crippen LogP contribution in [0.25, 0.3) is 0 Å². The average Bonchev–Trinajstić information content (AvgIpc) is 2.43. The standard InChI is InChI=1S/C16H14Br2O3/c1-3-20-13-6-4-5-11(8-13)16(19)21-15-10(2)7-12(17)9-14(15)18/h4-9H,3H2,1-2H3. The predicted molar refractivity (Wildman–Crippen MR) is 89.1 cm³/mol. The molecular formula is C16H14Br2O3. The fraction of sp³-hybridized carbons (Fsp3) is 0.188. The summed E-state index contributed by atoms with van der Waals surface area (Å²) < 4.78 is 12.5. The van der Waals surface area contributed by atoms with E-state index in [1.54, 1.807) is 24.3 Å². The highest BCUT2D eigenvalue weighted by molar-refractivity contribution is 9.11. The van der Waals surface area contributed by atoms with Crippen molar-refractivity contribution in [3.05, 3.63) is 56.5 Å². The maximum Gasteiger partial charge on any atom is 0.343 e. The van der Waals surface area contributed by atoms with Crippen LogP contribution in [0.2, 0.25) is 0 Å². The van der Waals surface area contributed by atoms with E-state index in [0.29, 0.717) is 23.7 Å². The number of halogens is 2. The zero-order valence-corrected chi connectivity index (χ0v) is 14.8. The van der Waals surface area contributed by atoms with Crippen molar-refractivity contribution in [1.29, 1.82) is 0 Å². The summed E-state index contributed by atoms with van der Waals surface area (Å²) in [4.78, 5) is 12.2. The van der Waals surface area contributed by atoms with E-state index < -0.39 is 5.97 Å². The number of carbonyl (C=O) groups is 1. The van der Waals surface area contributed by atoms with Crippen LogP contribution in [0, 0.1) is 6.92 Å². The van der Waals surface area contributed by atoms with Crippen molar-refractivity contribution in [1.82, 2.24) is 0 Å². The molecule has 0 aliphatic carbocycles. The highest BCUT2D eigenvalue weighted by Gasteiger charge is 2.14. The van der Waals surface area contributed by atoms with Gasteiger partial charge in [0.1, 0.15) is 11.5 Å². The first-order valence-corrected chi connectivity index (χ1v) is 8.00. The third kappa shape index (κ3) is 4.08. The van der Waals surface area contributed by atoms with Crippen LogP contribution in [0.4, 0.5) is 0 Å². The van der Waals surface area contributed by atoms with E-state index in [-0.39, 0.29) is 0 Å². The van der Waals surface area contributed by atoms with Gasteiger partial charge in [0.05, 0.1) is 16.6 Å². The molecule has 3 nitrogen and oxygen atoms in total. The Bertz CT molecular complexity index is 645. The van der Waals surface area contributed by atoms with Crippen molar-refractivity contribution < 1.29 is 14.3 Å². The van der Waals surface area contributed by atoms with Crippen LogP contribution in [0.5, 0.6) is 11.5 Å². The minimum absolute atomic E-state index is 0.414. The van der Waals surface area contributed by atoms with E-state index in [9.17, 15) is 4.79 Å². The van der Waals surface area contributed by atoms with Gasteiger partial charge in [0.15, 0.2) is 0 Å². The molecule has 0 radical (unpaired) electrons. The number of aryl methyl sites for hydroxylation is 1. The van der Waals surface area contributed by atoms with Gasteiger partial charge in [-0.25, -0.2) is 4.79 Å². The van der Waals surface area contributed by atoms with E-state index >= 15 is 0 Å². The molecular weight excluding hydrogens is 400 g/mol. The van der Waals surface area contributed by atoms with Gasteiger partial charge in [0.2, 0.25) is 0 Å². The maximum atomic E-state index is 12.2. The lowest BCUT2D eigenvalue weighted by molar-refractivity contribution is 0.0732. The van der Waals surface area contributed by atoms with Crippen LogP contribution >= 0.6 is 31.9 Å². The molecule has 0 saturated heterocycles. The quantitative estimate of drug-likeness (QED) is 0.514. The molecule has 110 valence electrons. The Hall–Kier alpha value is -1.33. The third-order valence-electron chi connectivity index (χ3n) is 2.77. The van der Waals surface area contributed by atoms with E-state index in [2.05, 4.69) is 31.9 Å². The van der Waals surface area contributed by atoms with Crippen molar-refractivity contribution in [2.24, 2.45) is 0 Å². The number of ether oxygens (including phenoxy) is 2. The molecule has 2 rings (SSSR count). The molecule has 0 unspecified atom stereocenters. The number of esters is 1. The molecule has 2 aromatic carbocycles. The first-order chi connectivity index (χ1) is 10.0. The summed E-state index contributed by atoms with van der Waals surface area (Å²) in [5.41, 5.74) is 1.32. The van der Waals surface area contributed by atoms with E-state index in [4.69, 9.17) is 9.47 Å². The minimum Gasteiger partial charge on any atom is -0.494 e. The molecule has 2 aromatic rings. The maximum absolute atomic E-state index is 12.2. The summed E-state index contributed by atoms with van der Waals surface area (Å²) in [5, 5.41) is 0. The van der Waals surface area contributed by atoms with E-state index in [1.165, 1.54) is 0 Å². The average molecular weight is 414 g/mol. The smallest absolute Gasteiger partial charge is 0.343 e. The van der Waals surface area contributed by atoms with Gasteiger partial charge in [-0.05, 0) is 65.7 Å². The van der Waals surface area contributed by atoms with Crippen LogP contribution in [0.1, 0.15) is 22.8 Å². The van der Waals surface area contributed by atoms with Gasteiger partial charge >= 0.3 is 5.97 Å². The van der Waals surface area contributed by atoms with Gasteiger partial charge in [0.25, 0.3) is 0 Å². The fourth-order valence-electron chi connectivity index (χ4n) is 1.85. The summed E-state index contributed by atoms with van der Waals surface area (Å²) in [6.45, 7) is 4.33. The summed E-state index contributed by atoms with van der Waals surface area (Å²) in [6.07, 6.45) is 0. The van der Waals surface area contributed by atoms with Crippen LogP contribution in [-0.4, -0.2) is 12.6 Å². The van der Waals surface area contributed by atoms with Crippen LogP contribution in [0.15, 0.2) is 45.3 Å². The fourth-order valence-corrected chi connectivity index (χ4v) is 3.37. The van der Waals surface area contributed by atoms with Gasteiger partial charge < -0.3 is 9.47 Å². The van der Waals surface area contributed by atoms with Crippen molar-refractivity contribution in [2.75, 3.05) is 6.61 Å². The first-order valence-electron chi connectivity index (χ1n) is 6.42. The molecule has 0 heterocycles. The number of rotatable bonds is 4. The topological polar surface area (TPSA) is 35.5 Å². The Morgan fingerprint density at radius 3 is 2.62 bits per heavy atom. The molecule has 0 spiro atoms. The molecule has 0 atom stereocenters. The summed E-state index contributed by atoms with van der Waals surface area (Å²) in [6, 6.07) is 10.7. The largest absolute Gasteiger partial charge is 0.494 e. The molecule has 0 aliphatic heterocycles. The van der Waals surface area contributed by atoms with Gasteiger partial charge in [-0.2, -0.15) is 0 Å². The molecule has 0 fully saturated rings. The van der Waals surface area contributed by atoms with Gasteiger partial charge in [-0.15, -0.1) is 0 Å². The second-order valence-electron chi connectivity index (χ2n) is 4.38. The number of benzene rings is 2. The Morgan fingerprint density at radius 2 is 1.95 bits per heavy atom. The lowest BCUT2D eigenvalue weighted by Crippen LogP contribution is -2.10. The van der Waals surface area contributed by atoms with E-state index in [1.807, 2.05) is 26.0 Å². The zero-order valence-electron chi connectivity index (χ0n) is 11.7. The van der Waals surface area contributed by atoms with Gasteiger partial charge in [-0.3, -0.25) is 0 Å². The third-order valence-corrected chi connectivity index (χ3v) is 3.82. The minimum atomic E-state index is -0.414. The van der Waals surface area contributed by atoms with Crippen LogP contribution < -0.4 is 9.47 Å². The lowest BCUT2D eigenvalue weighted by Gasteiger charge is -2.11. The van der Waals surface area contributed by atoms with Crippen molar-refractivity contribution in [3.63, 3.8) is 0 Å². The molecule has 5 heteroatoms. The first kappa shape index (κ1) is 16.0. The summed E-state index contributed by atoms with van der Waals surface area (Å²) >= 11 is 6.80. The molecule has 0 saturated carbocycles. The highest BCUT2D eigenvalue weighted by Crippen LogP contribution is 2.33. The second kappa shape index (κ2) is 7.09. The molecule has 0 N–H and O–H groups in total. The Morgan fingerprint density at radius 1 is 1.19 bits per heavy atom. The highest BCUT2D eigenvalue weighted by atomic mass is 79.9. The lowest BCUT2D eigenvalue weighted by atomic mass is 10.2. The zero-order chi connectivity index (χ0) is 15.4. The predicted octanol–water partition coefficient (Wildman–Crippen LogP) is 5.14. The second-order valence-corrected chi connectivity index (χ2v) is 6.15. The Kier molecular flexibility index (Phi) is 5.42. The molecule has 0 amide bonds. The van der Waals surface area contributed by atoms with Crippen molar-refractivity contribution in [2.45, 2.75) is 13.8 Å². The van der Waals surface area contributed by atoms with E-state index in [0.717, 1.165) is 14.5 Å². The monoisotopic (exact) mass is 412 g/mol. The molecule has 0 bridgehead atoms. The van der Waals surface area contributed by atoms with Crippen molar-refractivity contribution in [3.8, 4) is 11.5 Å². The van der Waals surface area contributed by atoms with Gasteiger partial charge in [0, 0.05) is 4.47 Å². The normalized spacial score (nSPS) is 10.3. The van der Waals surface area contributed by atoms with Gasteiger partial charge in [-0.1, -0.05) is 22.0 Å². The summed E-state index contributed by atoms with van der Waals surface area (Å²) in [5.74, 6) is 0.756. The summed E-state index contributed by atoms with van der Waals surface area (Å²) in [7, 11) is 0.